The highest BCUT2D eigenvalue weighted by molar-refractivity contribution is 5.86. The lowest BCUT2D eigenvalue weighted by Crippen LogP contribution is -2.44. The summed E-state index contributed by atoms with van der Waals surface area (Å²) in [6, 6.07) is 8.10. The largest absolute Gasteiger partial charge is 0.444 e. The maximum absolute atomic E-state index is 12.9. The predicted octanol–water partition coefficient (Wildman–Crippen LogP) is 2.18. The van der Waals surface area contributed by atoms with Gasteiger partial charge in [0.1, 0.15) is 11.6 Å². The number of carbonyl (C=O) groups excluding carboxylic acids is 2. The summed E-state index contributed by atoms with van der Waals surface area (Å²) in [7, 11) is 3.23. The third-order valence-electron chi connectivity index (χ3n) is 4.01. The molecule has 0 saturated heterocycles. The van der Waals surface area contributed by atoms with Crippen molar-refractivity contribution >= 4 is 12.0 Å². The lowest BCUT2D eigenvalue weighted by molar-refractivity contribution is -0.126. The van der Waals surface area contributed by atoms with Gasteiger partial charge in [0.15, 0.2) is 0 Å². The molecular formula is C20H28N4O4. The Morgan fingerprint density at radius 2 is 1.89 bits per heavy atom. The second-order valence-electron chi connectivity index (χ2n) is 7.61. The van der Waals surface area contributed by atoms with E-state index in [0.717, 1.165) is 0 Å². The van der Waals surface area contributed by atoms with Crippen LogP contribution in [0.5, 0.6) is 0 Å². The van der Waals surface area contributed by atoms with Crippen molar-refractivity contribution in [2.24, 2.45) is 7.05 Å². The SMILES string of the molecule is CN(C(=O)OC(C)(C)C)C(C(=O)NC[C@H](O)c1ccccc1)c1cnn(C)c1. The molecule has 0 fully saturated rings. The average Bonchev–Trinajstić information content (AvgIpc) is 3.05. The second-order valence-corrected chi connectivity index (χ2v) is 7.61. The second kappa shape index (κ2) is 8.88. The Labute approximate surface area is 165 Å². The zero-order valence-electron chi connectivity index (χ0n) is 16.9. The number of aliphatic hydroxyl groups excluding tert-OH is 1. The Morgan fingerprint density at radius 3 is 2.43 bits per heavy atom. The molecule has 28 heavy (non-hydrogen) atoms. The number of ether oxygens (including phenoxy) is 1. The van der Waals surface area contributed by atoms with Gasteiger partial charge in [0.2, 0.25) is 5.91 Å². The molecule has 8 nitrogen and oxygen atoms in total. The zero-order valence-corrected chi connectivity index (χ0v) is 16.9. The van der Waals surface area contributed by atoms with Crippen molar-refractivity contribution in [3.63, 3.8) is 0 Å². The van der Waals surface area contributed by atoms with E-state index in [-0.39, 0.29) is 6.54 Å². The maximum atomic E-state index is 12.9. The minimum absolute atomic E-state index is 0.0156. The summed E-state index contributed by atoms with van der Waals surface area (Å²) < 4.78 is 6.94. The molecule has 2 atom stereocenters. The van der Waals surface area contributed by atoms with Gasteiger partial charge in [-0.05, 0) is 26.3 Å². The molecule has 0 radical (unpaired) electrons. The van der Waals surface area contributed by atoms with Crippen LogP contribution in [0.15, 0.2) is 42.7 Å². The summed E-state index contributed by atoms with van der Waals surface area (Å²) >= 11 is 0. The highest BCUT2D eigenvalue weighted by Gasteiger charge is 2.32. The number of nitrogens with zero attached hydrogens (tertiary/aromatic N) is 3. The molecule has 2 amide bonds. The van der Waals surface area contributed by atoms with E-state index in [2.05, 4.69) is 10.4 Å². The van der Waals surface area contributed by atoms with Gasteiger partial charge in [-0.1, -0.05) is 30.3 Å². The van der Waals surface area contributed by atoms with E-state index in [0.29, 0.717) is 11.1 Å². The van der Waals surface area contributed by atoms with Crippen LogP contribution in [0.25, 0.3) is 0 Å². The van der Waals surface area contributed by atoms with Crippen LogP contribution in [0.4, 0.5) is 4.79 Å². The Hall–Kier alpha value is -2.87. The van der Waals surface area contributed by atoms with E-state index < -0.39 is 29.7 Å². The van der Waals surface area contributed by atoms with Gasteiger partial charge >= 0.3 is 6.09 Å². The van der Waals surface area contributed by atoms with Gasteiger partial charge in [-0.3, -0.25) is 14.4 Å². The molecule has 2 N–H and O–H groups in total. The van der Waals surface area contributed by atoms with Gasteiger partial charge in [0.05, 0.1) is 12.3 Å². The normalized spacial score (nSPS) is 13.5. The van der Waals surface area contributed by atoms with Crippen molar-refractivity contribution in [3.8, 4) is 0 Å². The van der Waals surface area contributed by atoms with Crippen molar-refractivity contribution in [1.82, 2.24) is 20.0 Å². The van der Waals surface area contributed by atoms with Crippen molar-refractivity contribution in [3.05, 3.63) is 53.9 Å². The number of amides is 2. The third kappa shape index (κ3) is 5.82. The molecule has 152 valence electrons. The summed E-state index contributed by atoms with van der Waals surface area (Å²) in [5.41, 5.74) is 0.550. The number of aryl methyl sites for hydroxylation is 1. The fourth-order valence-electron chi connectivity index (χ4n) is 2.66. The van der Waals surface area contributed by atoms with E-state index in [4.69, 9.17) is 4.74 Å². The molecule has 0 aliphatic rings. The number of aromatic nitrogens is 2. The molecule has 1 aromatic carbocycles. The first-order chi connectivity index (χ1) is 13.1. The molecule has 0 aliphatic carbocycles. The fourth-order valence-corrected chi connectivity index (χ4v) is 2.66. The Balaban J connectivity index is 2.14. The van der Waals surface area contributed by atoms with Crippen LogP contribution in [0.1, 0.15) is 44.0 Å². The van der Waals surface area contributed by atoms with Crippen molar-refractivity contribution < 1.29 is 19.4 Å². The van der Waals surface area contributed by atoms with Crippen LogP contribution < -0.4 is 5.32 Å². The average molecular weight is 388 g/mol. The van der Waals surface area contributed by atoms with Crippen LogP contribution in [-0.4, -0.2) is 51.0 Å². The Bertz CT molecular complexity index is 798. The first kappa shape index (κ1) is 21.4. The molecule has 1 aromatic heterocycles. The zero-order chi connectivity index (χ0) is 20.9. The standard InChI is InChI=1S/C20H28N4O4/c1-20(2,3)28-19(27)24(5)17(15-11-22-23(4)13-15)18(26)21-12-16(25)14-9-7-6-8-10-14/h6-11,13,16-17,25H,12H2,1-5H3,(H,21,26)/t16-,17?/m0/s1. The van der Waals surface area contributed by atoms with Gasteiger partial charge in [0.25, 0.3) is 0 Å². The number of hydrogen-bond donors (Lipinski definition) is 2. The molecule has 1 unspecified atom stereocenters. The lowest BCUT2D eigenvalue weighted by Gasteiger charge is -2.29. The monoisotopic (exact) mass is 388 g/mol. The van der Waals surface area contributed by atoms with Gasteiger partial charge in [-0.25, -0.2) is 4.79 Å². The summed E-state index contributed by atoms with van der Waals surface area (Å²) in [4.78, 5) is 26.6. The highest BCUT2D eigenvalue weighted by Crippen LogP contribution is 2.22. The topological polar surface area (TPSA) is 96.7 Å². The number of benzene rings is 1. The molecule has 0 aliphatic heterocycles. The lowest BCUT2D eigenvalue weighted by atomic mass is 10.1. The smallest absolute Gasteiger partial charge is 0.410 e. The van der Waals surface area contributed by atoms with Gasteiger partial charge < -0.3 is 15.2 Å². The molecule has 0 saturated carbocycles. The number of hydrogen-bond acceptors (Lipinski definition) is 5. The van der Waals surface area contributed by atoms with Gasteiger partial charge in [0, 0.05) is 32.4 Å². The van der Waals surface area contributed by atoms with Crippen molar-refractivity contribution in [2.75, 3.05) is 13.6 Å². The van der Waals surface area contributed by atoms with Crippen LogP contribution >= 0.6 is 0 Å². The molecule has 0 bridgehead atoms. The predicted molar refractivity (Wildman–Crippen MR) is 104 cm³/mol. The minimum Gasteiger partial charge on any atom is -0.444 e. The highest BCUT2D eigenvalue weighted by atomic mass is 16.6. The number of nitrogens with one attached hydrogen (secondary N) is 1. The van der Waals surface area contributed by atoms with Gasteiger partial charge in [-0.15, -0.1) is 0 Å². The number of likely N-dealkylation sites (N-methyl/N-ethyl adjacent to an activating group) is 1. The molecule has 0 spiro atoms. The van der Waals surface area contributed by atoms with Crippen LogP contribution in [0.3, 0.4) is 0 Å². The van der Waals surface area contributed by atoms with E-state index in [9.17, 15) is 14.7 Å². The van der Waals surface area contributed by atoms with Crippen LogP contribution in [0, 0.1) is 0 Å². The molecular weight excluding hydrogens is 360 g/mol. The Kier molecular flexibility index (Phi) is 6.80. The van der Waals surface area contributed by atoms with E-state index in [1.807, 2.05) is 18.2 Å². The summed E-state index contributed by atoms with van der Waals surface area (Å²) in [5.74, 6) is -0.434. The van der Waals surface area contributed by atoms with Crippen LogP contribution in [0.2, 0.25) is 0 Å². The van der Waals surface area contributed by atoms with Gasteiger partial charge in [-0.2, -0.15) is 5.10 Å². The summed E-state index contributed by atoms with van der Waals surface area (Å²) in [6.07, 6.45) is 1.71. The minimum atomic E-state index is -0.938. The number of aliphatic hydroxyl groups is 1. The fraction of sp³-hybridized carbons (Fsp3) is 0.450. The number of carbonyl (C=O) groups is 2. The Morgan fingerprint density at radius 1 is 1.25 bits per heavy atom. The molecule has 2 rings (SSSR count). The van der Waals surface area contributed by atoms with E-state index in [1.165, 1.54) is 18.1 Å². The van der Waals surface area contributed by atoms with Crippen LogP contribution in [-0.2, 0) is 16.6 Å². The molecule has 8 heteroatoms. The quantitative estimate of drug-likeness (QED) is 0.791. The van der Waals surface area contributed by atoms with Crippen molar-refractivity contribution in [2.45, 2.75) is 38.5 Å². The first-order valence-corrected chi connectivity index (χ1v) is 9.03. The molecule has 1 heterocycles. The number of rotatable bonds is 6. The first-order valence-electron chi connectivity index (χ1n) is 9.03. The molecule has 2 aromatic rings. The third-order valence-corrected chi connectivity index (χ3v) is 4.01. The summed E-state index contributed by atoms with van der Waals surface area (Å²) in [5, 5.41) is 17.1. The maximum Gasteiger partial charge on any atom is 0.410 e. The van der Waals surface area contributed by atoms with E-state index in [1.54, 1.807) is 50.8 Å². The van der Waals surface area contributed by atoms with Crippen molar-refractivity contribution in [1.29, 1.82) is 0 Å². The summed E-state index contributed by atoms with van der Waals surface area (Å²) in [6.45, 7) is 5.29. The van der Waals surface area contributed by atoms with E-state index >= 15 is 0 Å².